The van der Waals surface area contributed by atoms with Gasteiger partial charge in [0.05, 0.1) is 5.41 Å². The van der Waals surface area contributed by atoms with Crippen molar-refractivity contribution in [1.29, 1.82) is 0 Å². The third-order valence-electron chi connectivity index (χ3n) is 3.73. The Morgan fingerprint density at radius 2 is 2.11 bits per heavy atom. The molecule has 0 bridgehead atoms. The summed E-state index contributed by atoms with van der Waals surface area (Å²) < 4.78 is 0.948. The van der Waals surface area contributed by atoms with Crippen LogP contribution in [0.15, 0.2) is 22.7 Å². The molecule has 1 aliphatic carbocycles. The zero-order valence-corrected chi connectivity index (χ0v) is 12.3. The standard InChI is InChI=1S/C14H16BrNO3/c1-9-7-10(15)3-4-11(9)16-12(17)8-14(13(18)19)5-2-6-14/h3-4,7H,2,5-6,8H2,1H3,(H,16,17)(H,18,19). The molecule has 1 aromatic rings. The number of carbonyl (C=O) groups excluding carboxylic acids is 1. The van der Waals surface area contributed by atoms with Crippen LogP contribution in [-0.4, -0.2) is 17.0 Å². The van der Waals surface area contributed by atoms with Crippen molar-refractivity contribution in [2.75, 3.05) is 5.32 Å². The molecule has 1 saturated carbocycles. The molecule has 2 N–H and O–H groups in total. The number of aryl methyl sites for hydroxylation is 1. The number of carbonyl (C=O) groups is 2. The lowest BCUT2D eigenvalue weighted by Crippen LogP contribution is -2.41. The first kappa shape index (κ1) is 14.1. The number of hydrogen-bond donors (Lipinski definition) is 2. The highest BCUT2D eigenvalue weighted by Crippen LogP contribution is 2.44. The van der Waals surface area contributed by atoms with Gasteiger partial charge in [-0.05, 0) is 43.5 Å². The van der Waals surface area contributed by atoms with Gasteiger partial charge < -0.3 is 10.4 Å². The smallest absolute Gasteiger partial charge is 0.310 e. The number of anilines is 1. The molecule has 4 nitrogen and oxygen atoms in total. The summed E-state index contributed by atoms with van der Waals surface area (Å²) in [5.41, 5.74) is 0.835. The average molecular weight is 326 g/mol. The Morgan fingerprint density at radius 3 is 2.58 bits per heavy atom. The second-order valence-corrected chi connectivity index (χ2v) is 6.04. The summed E-state index contributed by atoms with van der Waals surface area (Å²) in [4.78, 5) is 23.2. The quantitative estimate of drug-likeness (QED) is 0.892. The summed E-state index contributed by atoms with van der Waals surface area (Å²) in [5.74, 6) is -1.09. The van der Waals surface area contributed by atoms with Crippen molar-refractivity contribution in [3.63, 3.8) is 0 Å². The van der Waals surface area contributed by atoms with Crippen molar-refractivity contribution in [3.8, 4) is 0 Å². The number of halogens is 1. The number of rotatable bonds is 4. The highest BCUT2D eigenvalue weighted by Gasteiger charge is 2.45. The molecular formula is C14H16BrNO3. The van der Waals surface area contributed by atoms with Crippen LogP contribution in [0, 0.1) is 12.3 Å². The Balaban J connectivity index is 2.03. The number of aliphatic carboxylic acids is 1. The van der Waals surface area contributed by atoms with E-state index in [0.717, 1.165) is 22.1 Å². The minimum absolute atomic E-state index is 0.0534. The first-order valence-corrected chi connectivity index (χ1v) is 7.02. The maximum atomic E-state index is 12.0. The van der Waals surface area contributed by atoms with Crippen LogP contribution in [0.3, 0.4) is 0 Å². The van der Waals surface area contributed by atoms with Gasteiger partial charge >= 0.3 is 5.97 Å². The van der Waals surface area contributed by atoms with E-state index in [1.165, 1.54) is 0 Å². The molecule has 0 atom stereocenters. The molecule has 1 fully saturated rings. The second kappa shape index (κ2) is 5.33. The second-order valence-electron chi connectivity index (χ2n) is 5.12. The lowest BCUT2D eigenvalue weighted by molar-refractivity contribution is -0.157. The number of carboxylic acid groups (broad SMARTS) is 1. The van der Waals surface area contributed by atoms with Crippen LogP contribution in [0.5, 0.6) is 0 Å². The van der Waals surface area contributed by atoms with Gasteiger partial charge in [-0.15, -0.1) is 0 Å². The lowest BCUT2D eigenvalue weighted by Gasteiger charge is -2.36. The Morgan fingerprint density at radius 1 is 1.42 bits per heavy atom. The van der Waals surface area contributed by atoms with Crippen molar-refractivity contribution in [1.82, 2.24) is 0 Å². The van der Waals surface area contributed by atoms with Crippen LogP contribution < -0.4 is 5.32 Å². The van der Waals surface area contributed by atoms with Crippen molar-refractivity contribution >= 4 is 33.5 Å². The van der Waals surface area contributed by atoms with E-state index in [-0.39, 0.29) is 12.3 Å². The molecule has 1 aliphatic rings. The average Bonchev–Trinajstić information content (AvgIpc) is 2.27. The highest BCUT2D eigenvalue weighted by molar-refractivity contribution is 9.10. The maximum Gasteiger partial charge on any atom is 0.310 e. The summed E-state index contributed by atoms with van der Waals surface area (Å²) in [7, 11) is 0. The molecule has 2 rings (SSSR count). The summed E-state index contributed by atoms with van der Waals surface area (Å²) in [6.45, 7) is 1.90. The van der Waals surface area contributed by atoms with Gasteiger partial charge in [-0.3, -0.25) is 9.59 Å². The zero-order chi connectivity index (χ0) is 14.0. The Labute approximate surface area is 120 Å². The number of carboxylic acids is 1. The molecule has 0 spiro atoms. The van der Waals surface area contributed by atoms with Crippen LogP contribution in [0.1, 0.15) is 31.2 Å². The van der Waals surface area contributed by atoms with E-state index >= 15 is 0 Å². The summed E-state index contributed by atoms with van der Waals surface area (Å²) in [6.07, 6.45) is 2.12. The molecule has 0 radical (unpaired) electrons. The minimum atomic E-state index is -0.860. The molecule has 1 aromatic carbocycles. The minimum Gasteiger partial charge on any atom is -0.481 e. The van der Waals surface area contributed by atoms with E-state index in [0.29, 0.717) is 12.8 Å². The SMILES string of the molecule is Cc1cc(Br)ccc1NC(=O)CC1(C(=O)O)CCC1. The molecule has 0 aliphatic heterocycles. The predicted octanol–water partition coefficient (Wildman–Crippen LogP) is 3.34. The van der Waals surface area contributed by atoms with Gasteiger partial charge in [-0.2, -0.15) is 0 Å². The molecular weight excluding hydrogens is 310 g/mol. The van der Waals surface area contributed by atoms with Gasteiger partial charge in [0, 0.05) is 16.6 Å². The molecule has 0 aromatic heterocycles. The number of benzene rings is 1. The maximum absolute atomic E-state index is 12.0. The van der Waals surface area contributed by atoms with Gasteiger partial charge in [0.25, 0.3) is 0 Å². The monoisotopic (exact) mass is 325 g/mol. The molecule has 0 heterocycles. The van der Waals surface area contributed by atoms with Gasteiger partial charge in [0.15, 0.2) is 0 Å². The van der Waals surface area contributed by atoms with E-state index in [1.807, 2.05) is 25.1 Å². The van der Waals surface area contributed by atoms with Crippen molar-refractivity contribution in [3.05, 3.63) is 28.2 Å². The van der Waals surface area contributed by atoms with Crippen molar-refractivity contribution in [2.45, 2.75) is 32.6 Å². The van der Waals surface area contributed by atoms with Crippen LogP contribution in [0.2, 0.25) is 0 Å². The fourth-order valence-electron chi connectivity index (χ4n) is 2.34. The van der Waals surface area contributed by atoms with E-state index in [2.05, 4.69) is 21.2 Å². The van der Waals surface area contributed by atoms with E-state index in [1.54, 1.807) is 0 Å². The molecule has 19 heavy (non-hydrogen) atoms. The third-order valence-corrected chi connectivity index (χ3v) is 4.22. The van der Waals surface area contributed by atoms with Crippen molar-refractivity contribution in [2.24, 2.45) is 5.41 Å². The molecule has 5 heteroatoms. The van der Waals surface area contributed by atoms with Crippen LogP contribution in [0.4, 0.5) is 5.69 Å². The van der Waals surface area contributed by atoms with Crippen LogP contribution in [-0.2, 0) is 9.59 Å². The normalized spacial score (nSPS) is 16.5. The van der Waals surface area contributed by atoms with Crippen LogP contribution >= 0.6 is 15.9 Å². The van der Waals surface area contributed by atoms with Crippen molar-refractivity contribution < 1.29 is 14.7 Å². The van der Waals surface area contributed by atoms with Gasteiger partial charge in [0.1, 0.15) is 0 Å². The Kier molecular flexibility index (Phi) is 3.94. The van der Waals surface area contributed by atoms with Gasteiger partial charge in [-0.25, -0.2) is 0 Å². The largest absolute Gasteiger partial charge is 0.481 e. The fraction of sp³-hybridized carbons (Fsp3) is 0.429. The lowest BCUT2D eigenvalue weighted by atomic mass is 9.66. The predicted molar refractivity (Wildman–Crippen MR) is 76.0 cm³/mol. The summed E-state index contributed by atoms with van der Waals surface area (Å²) >= 11 is 3.36. The highest BCUT2D eigenvalue weighted by atomic mass is 79.9. The van der Waals surface area contributed by atoms with E-state index < -0.39 is 11.4 Å². The molecule has 0 saturated heterocycles. The Hall–Kier alpha value is -1.36. The fourth-order valence-corrected chi connectivity index (χ4v) is 2.81. The van der Waals surface area contributed by atoms with Gasteiger partial charge in [0.2, 0.25) is 5.91 Å². The summed E-state index contributed by atoms with van der Waals surface area (Å²) in [5, 5.41) is 12.0. The van der Waals surface area contributed by atoms with Crippen LogP contribution in [0.25, 0.3) is 0 Å². The molecule has 102 valence electrons. The Bertz CT molecular complexity index is 523. The summed E-state index contributed by atoms with van der Waals surface area (Å²) in [6, 6.07) is 5.57. The van der Waals surface area contributed by atoms with E-state index in [9.17, 15) is 14.7 Å². The first-order valence-electron chi connectivity index (χ1n) is 6.22. The molecule has 1 amide bonds. The van der Waals surface area contributed by atoms with Gasteiger partial charge in [-0.1, -0.05) is 22.4 Å². The third kappa shape index (κ3) is 2.97. The number of nitrogens with one attached hydrogen (secondary N) is 1. The number of amides is 1. The number of hydrogen-bond acceptors (Lipinski definition) is 2. The zero-order valence-electron chi connectivity index (χ0n) is 10.7. The van der Waals surface area contributed by atoms with E-state index in [4.69, 9.17) is 0 Å². The molecule has 0 unspecified atom stereocenters. The first-order chi connectivity index (χ1) is 8.93. The topological polar surface area (TPSA) is 66.4 Å².